The van der Waals surface area contributed by atoms with Crippen LogP contribution < -0.4 is 0 Å². The summed E-state index contributed by atoms with van der Waals surface area (Å²) in [5, 5.41) is 0. The number of hydrogen-bond acceptors (Lipinski definition) is 0. The van der Waals surface area contributed by atoms with E-state index in [1.807, 2.05) is 0 Å². The average molecular weight is 160 g/mol. The summed E-state index contributed by atoms with van der Waals surface area (Å²) in [5.41, 5.74) is 0.979. The van der Waals surface area contributed by atoms with Gasteiger partial charge in [-0.25, -0.2) is 0 Å². The lowest BCUT2D eigenvalue weighted by atomic mass is 9.57. The molecule has 0 radical (unpaired) electrons. The van der Waals surface area contributed by atoms with Crippen LogP contribution in [0.1, 0.15) is 32.1 Å². The fourth-order valence-corrected chi connectivity index (χ4v) is 6.56. The summed E-state index contributed by atoms with van der Waals surface area (Å²) in [6.45, 7) is 0. The molecule has 5 bridgehead atoms. The van der Waals surface area contributed by atoms with Gasteiger partial charge in [-0.05, 0) is 73.0 Å². The smallest absolute Gasteiger partial charge is 0.0230 e. The standard InChI is InChI=1S/C12H16/c1-6-2-10-8(1)9-5-12(10)4-7(6)3-11(9)12/h6-11H,1-5H2. The summed E-state index contributed by atoms with van der Waals surface area (Å²) in [6.07, 6.45) is 8.36. The van der Waals surface area contributed by atoms with Crippen molar-refractivity contribution >= 4 is 0 Å². The van der Waals surface area contributed by atoms with E-state index < -0.39 is 0 Å². The number of fused-ring (bicyclic) bond motifs is 4. The quantitative estimate of drug-likeness (QED) is 0.511. The van der Waals surface area contributed by atoms with Crippen molar-refractivity contribution in [1.82, 2.24) is 0 Å². The van der Waals surface area contributed by atoms with Crippen molar-refractivity contribution in [2.24, 2.45) is 40.9 Å². The first-order valence-electron chi connectivity index (χ1n) is 5.88. The second-order valence-electron chi connectivity index (χ2n) is 6.41. The summed E-state index contributed by atoms with van der Waals surface area (Å²) >= 11 is 0. The molecule has 0 heterocycles. The predicted octanol–water partition coefficient (Wildman–Crippen LogP) is 2.69. The van der Waals surface area contributed by atoms with Crippen LogP contribution in [0, 0.1) is 40.9 Å². The molecule has 5 saturated carbocycles. The van der Waals surface area contributed by atoms with Crippen LogP contribution in [0.3, 0.4) is 0 Å². The molecule has 0 aromatic rings. The van der Waals surface area contributed by atoms with Crippen LogP contribution in [0.5, 0.6) is 0 Å². The lowest BCUT2D eigenvalue weighted by molar-refractivity contribution is 0.0147. The van der Waals surface area contributed by atoms with Gasteiger partial charge in [0.15, 0.2) is 0 Å². The molecule has 1 spiro atoms. The van der Waals surface area contributed by atoms with E-state index in [-0.39, 0.29) is 0 Å². The molecule has 12 heavy (non-hydrogen) atoms. The van der Waals surface area contributed by atoms with E-state index >= 15 is 0 Å². The SMILES string of the molecule is C1C2CC3C1C1CC34CC2CC14. The Bertz CT molecular complexity index is 276. The Labute approximate surface area is 73.7 Å². The van der Waals surface area contributed by atoms with E-state index in [0.717, 1.165) is 5.41 Å². The minimum Gasteiger partial charge on any atom is -0.0468 e. The molecule has 0 saturated heterocycles. The normalized spacial score (nSPS) is 80.0. The lowest BCUT2D eigenvalue weighted by Gasteiger charge is -2.47. The third kappa shape index (κ3) is 0.324. The maximum atomic E-state index is 1.68. The highest BCUT2D eigenvalue weighted by Crippen LogP contribution is 2.84. The van der Waals surface area contributed by atoms with Gasteiger partial charge in [0.2, 0.25) is 0 Å². The Morgan fingerprint density at radius 1 is 0.750 bits per heavy atom. The van der Waals surface area contributed by atoms with Crippen LogP contribution in [0.4, 0.5) is 0 Å². The highest BCUT2D eigenvalue weighted by atomic mass is 14.8. The second kappa shape index (κ2) is 1.31. The minimum absolute atomic E-state index is 0.979. The fourth-order valence-electron chi connectivity index (χ4n) is 6.56. The fraction of sp³-hybridized carbons (Fsp3) is 1.00. The van der Waals surface area contributed by atoms with E-state index in [2.05, 4.69) is 0 Å². The van der Waals surface area contributed by atoms with Crippen molar-refractivity contribution in [3.05, 3.63) is 0 Å². The Morgan fingerprint density at radius 3 is 2.58 bits per heavy atom. The zero-order valence-corrected chi connectivity index (χ0v) is 7.50. The molecular weight excluding hydrogens is 144 g/mol. The van der Waals surface area contributed by atoms with Gasteiger partial charge in [0.1, 0.15) is 0 Å². The van der Waals surface area contributed by atoms with Gasteiger partial charge in [0.05, 0.1) is 0 Å². The van der Waals surface area contributed by atoms with Crippen LogP contribution >= 0.6 is 0 Å². The highest BCUT2D eigenvalue weighted by molar-refractivity contribution is 5.25. The van der Waals surface area contributed by atoms with Gasteiger partial charge in [-0.2, -0.15) is 0 Å². The lowest BCUT2D eigenvalue weighted by Crippen LogP contribution is -2.40. The maximum absolute atomic E-state index is 1.68. The van der Waals surface area contributed by atoms with Gasteiger partial charge in [-0.3, -0.25) is 0 Å². The molecular formula is C12H16. The summed E-state index contributed by atoms with van der Waals surface area (Å²) < 4.78 is 0. The molecule has 64 valence electrons. The Morgan fingerprint density at radius 2 is 1.58 bits per heavy atom. The van der Waals surface area contributed by atoms with Crippen LogP contribution in [-0.2, 0) is 0 Å². The van der Waals surface area contributed by atoms with Gasteiger partial charge in [0, 0.05) is 0 Å². The van der Waals surface area contributed by atoms with Crippen LogP contribution in [0.2, 0.25) is 0 Å². The van der Waals surface area contributed by atoms with E-state index in [1.54, 1.807) is 32.1 Å². The minimum atomic E-state index is 0.979. The first-order chi connectivity index (χ1) is 5.88. The third-order valence-electron chi connectivity index (χ3n) is 6.67. The van der Waals surface area contributed by atoms with Gasteiger partial charge < -0.3 is 0 Å². The molecule has 5 fully saturated rings. The predicted molar refractivity (Wildman–Crippen MR) is 46.5 cm³/mol. The zero-order chi connectivity index (χ0) is 7.50. The Kier molecular flexibility index (Phi) is 0.618. The molecule has 0 amide bonds. The van der Waals surface area contributed by atoms with Gasteiger partial charge in [-0.1, -0.05) is 0 Å². The molecule has 5 aliphatic carbocycles. The summed E-state index contributed by atoms with van der Waals surface area (Å²) in [7, 11) is 0. The second-order valence-corrected chi connectivity index (χ2v) is 6.41. The molecule has 5 aliphatic rings. The molecule has 0 N–H and O–H groups in total. The van der Waals surface area contributed by atoms with Gasteiger partial charge in [-0.15, -0.1) is 0 Å². The van der Waals surface area contributed by atoms with Crippen molar-refractivity contribution in [1.29, 1.82) is 0 Å². The number of rotatable bonds is 0. The van der Waals surface area contributed by atoms with Crippen molar-refractivity contribution in [3.8, 4) is 0 Å². The third-order valence-corrected chi connectivity index (χ3v) is 6.67. The summed E-state index contributed by atoms with van der Waals surface area (Å²) in [5.74, 6) is 7.41. The summed E-state index contributed by atoms with van der Waals surface area (Å²) in [4.78, 5) is 0. The average Bonchev–Trinajstić information content (AvgIpc) is 2.58. The Balaban J connectivity index is 1.87. The molecule has 0 heteroatoms. The van der Waals surface area contributed by atoms with Crippen LogP contribution in [0.25, 0.3) is 0 Å². The highest BCUT2D eigenvalue weighted by Gasteiger charge is 2.77. The summed E-state index contributed by atoms with van der Waals surface area (Å²) in [6, 6.07) is 0. The maximum Gasteiger partial charge on any atom is -0.0230 e. The monoisotopic (exact) mass is 160 g/mol. The Hall–Kier alpha value is 0. The van der Waals surface area contributed by atoms with Crippen molar-refractivity contribution in [2.75, 3.05) is 0 Å². The van der Waals surface area contributed by atoms with E-state index in [9.17, 15) is 0 Å². The van der Waals surface area contributed by atoms with Crippen LogP contribution in [0.15, 0.2) is 0 Å². The molecule has 5 rings (SSSR count). The van der Waals surface area contributed by atoms with Crippen molar-refractivity contribution < 1.29 is 0 Å². The topological polar surface area (TPSA) is 0 Å². The van der Waals surface area contributed by atoms with Gasteiger partial charge >= 0.3 is 0 Å². The van der Waals surface area contributed by atoms with E-state index in [1.165, 1.54) is 35.5 Å². The van der Waals surface area contributed by atoms with Crippen LogP contribution in [-0.4, -0.2) is 0 Å². The molecule has 0 aromatic carbocycles. The zero-order valence-electron chi connectivity index (χ0n) is 7.50. The first-order valence-corrected chi connectivity index (χ1v) is 5.88. The molecule has 0 nitrogen and oxygen atoms in total. The molecule has 7 unspecified atom stereocenters. The van der Waals surface area contributed by atoms with E-state index in [4.69, 9.17) is 0 Å². The van der Waals surface area contributed by atoms with Gasteiger partial charge in [0.25, 0.3) is 0 Å². The largest absolute Gasteiger partial charge is 0.0468 e. The molecule has 0 aliphatic heterocycles. The van der Waals surface area contributed by atoms with Crippen molar-refractivity contribution in [3.63, 3.8) is 0 Å². The molecule has 0 aromatic heterocycles. The molecule has 7 atom stereocenters. The first kappa shape index (κ1) is 5.67. The number of hydrogen-bond donors (Lipinski definition) is 0. The van der Waals surface area contributed by atoms with E-state index in [0.29, 0.717) is 0 Å². The van der Waals surface area contributed by atoms with Crippen molar-refractivity contribution in [2.45, 2.75) is 32.1 Å².